The number of fused-ring (bicyclic) bond motifs is 1. The zero-order valence-electron chi connectivity index (χ0n) is 16.0. The molecule has 6 heteroatoms. The average molecular weight is 385 g/mol. The monoisotopic (exact) mass is 385 g/mol. The van der Waals surface area contributed by atoms with Gasteiger partial charge in [0.2, 0.25) is 0 Å². The molecule has 2 aromatic carbocycles. The lowest BCUT2D eigenvalue weighted by molar-refractivity contribution is 0.0411. The van der Waals surface area contributed by atoms with E-state index in [2.05, 4.69) is 22.1 Å². The first-order valence-corrected chi connectivity index (χ1v) is 9.63. The summed E-state index contributed by atoms with van der Waals surface area (Å²) in [6.07, 6.45) is 3.62. The molecule has 1 N–H and O–H groups in total. The molecule has 1 aromatic heterocycles. The number of alkyl halides is 1. The number of rotatable bonds is 6. The van der Waals surface area contributed by atoms with E-state index < -0.39 is 6.67 Å². The molecule has 4 nitrogen and oxygen atoms in total. The fourth-order valence-corrected chi connectivity index (χ4v) is 4.11. The molecule has 1 saturated heterocycles. The number of hydrogen-bond acceptors (Lipinski definition) is 3. The van der Waals surface area contributed by atoms with Crippen molar-refractivity contribution in [2.45, 2.75) is 31.5 Å². The highest BCUT2D eigenvalue weighted by atomic mass is 19.1. The lowest BCUT2D eigenvalue weighted by atomic mass is 9.73. The van der Waals surface area contributed by atoms with Gasteiger partial charge in [0.25, 0.3) is 0 Å². The molecule has 2 heterocycles. The van der Waals surface area contributed by atoms with E-state index in [-0.39, 0.29) is 11.2 Å². The van der Waals surface area contributed by atoms with E-state index in [1.165, 1.54) is 12.1 Å². The first kappa shape index (κ1) is 19.0. The van der Waals surface area contributed by atoms with Crippen molar-refractivity contribution in [3.63, 3.8) is 0 Å². The van der Waals surface area contributed by atoms with Crippen LogP contribution in [0.25, 0.3) is 10.9 Å². The van der Waals surface area contributed by atoms with Crippen LogP contribution in [0.5, 0.6) is 0 Å². The fraction of sp³-hybridized carbons (Fsp3) is 0.409. The summed E-state index contributed by atoms with van der Waals surface area (Å²) in [5.41, 5.74) is 3.40. The molecular formula is C22H25F2N3O. The minimum absolute atomic E-state index is 0.134. The number of nitrogens with one attached hydrogen (secondary N) is 1. The van der Waals surface area contributed by atoms with Crippen LogP contribution < -0.4 is 0 Å². The van der Waals surface area contributed by atoms with E-state index in [1.807, 2.05) is 18.2 Å². The highest BCUT2D eigenvalue weighted by Gasteiger charge is 2.35. The van der Waals surface area contributed by atoms with Crippen molar-refractivity contribution in [1.82, 2.24) is 15.1 Å². The number of benzene rings is 2. The number of halogens is 2. The normalized spacial score (nSPS) is 17.2. The molecule has 28 heavy (non-hydrogen) atoms. The standard InChI is InChI=1S/C22H25F2N3O/c1-27-8-6-22(7-9-27,19-2-4-20(24)5-3-19)15-28-14-18-11-16(12-23)10-17-13-25-26-21(17)18/h2-5,10-11,13H,6-9,12,14-15H2,1H3,(H,25,26). The van der Waals surface area contributed by atoms with E-state index >= 15 is 0 Å². The van der Waals surface area contributed by atoms with Crippen molar-refractivity contribution >= 4 is 10.9 Å². The number of aromatic nitrogens is 2. The summed E-state index contributed by atoms with van der Waals surface area (Å²) in [5, 5.41) is 7.94. The minimum Gasteiger partial charge on any atom is -0.376 e. The SMILES string of the molecule is CN1CCC(COCc2cc(CF)cc3cn[nH]c23)(c2ccc(F)cc2)CC1. The Hall–Kier alpha value is -2.31. The maximum absolute atomic E-state index is 13.4. The maximum atomic E-state index is 13.4. The van der Waals surface area contributed by atoms with E-state index in [9.17, 15) is 8.78 Å². The molecule has 0 spiro atoms. The second-order valence-electron chi connectivity index (χ2n) is 7.81. The lowest BCUT2D eigenvalue weighted by Crippen LogP contribution is -2.43. The Morgan fingerprint density at radius 1 is 1.18 bits per heavy atom. The molecule has 0 atom stereocenters. The predicted molar refractivity (Wildman–Crippen MR) is 105 cm³/mol. The van der Waals surface area contributed by atoms with E-state index in [1.54, 1.807) is 12.3 Å². The van der Waals surface area contributed by atoms with Gasteiger partial charge in [0, 0.05) is 16.4 Å². The second kappa shape index (κ2) is 7.97. The summed E-state index contributed by atoms with van der Waals surface area (Å²) in [5.74, 6) is -0.225. The molecule has 0 amide bonds. The van der Waals surface area contributed by atoms with Gasteiger partial charge in [0.15, 0.2) is 0 Å². The Kier molecular flexibility index (Phi) is 5.42. The third kappa shape index (κ3) is 3.80. The predicted octanol–water partition coefficient (Wildman–Crippen LogP) is 4.35. The van der Waals surface area contributed by atoms with Gasteiger partial charge in [-0.05, 0) is 68.4 Å². The number of aromatic amines is 1. The van der Waals surface area contributed by atoms with Crippen LogP contribution in [0.4, 0.5) is 8.78 Å². The Labute approximate surface area is 163 Å². The number of hydrogen-bond donors (Lipinski definition) is 1. The van der Waals surface area contributed by atoms with Crippen molar-refractivity contribution < 1.29 is 13.5 Å². The van der Waals surface area contributed by atoms with Crippen molar-refractivity contribution in [3.8, 4) is 0 Å². The summed E-state index contributed by atoms with van der Waals surface area (Å²) in [7, 11) is 2.12. The number of piperidine rings is 1. The summed E-state index contributed by atoms with van der Waals surface area (Å²) in [4.78, 5) is 2.31. The van der Waals surface area contributed by atoms with Crippen LogP contribution in [0.15, 0.2) is 42.6 Å². The Balaban J connectivity index is 1.54. The molecule has 0 aliphatic carbocycles. The molecule has 1 aliphatic heterocycles. The van der Waals surface area contributed by atoms with Gasteiger partial charge >= 0.3 is 0 Å². The Bertz CT molecular complexity index is 931. The Morgan fingerprint density at radius 2 is 1.93 bits per heavy atom. The first-order valence-electron chi connectivity index (χ1n) is 9.63. The van der Waals surface area contributed by atoms with E-state index in [0.717, 1.165) is 48.0 Å². The van der Waals surface area contributed by atoms with Gasteiger partial charge in [0.05, 0.1) is 24.9 Å². The van der Waals surface area contributed by atoms with E-state index in [0.29, 0.717) is 18.8 Å². The number of H-pyrrole nitrogens is 1. The third-order valence-corrected chi connectivity index (χ3v) is 5.88. The van der Waals surface area contributed by atoms with Gasteiger partial charge in [-0.1, -0.05) is 12.1 Å². The van der Waals surface area contributed by atoms with Crippen LogP contribution in [0.2, 0.25) is 0 Å². The minimum atomic E-state index is -0.514. The van der Waals surface area contributed by atoms with Crippen molar-refractivity contribution in [3.05, 3.63) is 65.1 Å². The van der Waals surface area contributed by atoms with Gasteiger partial charge in [-0.2, -0.15) is 5.10 Å². The largest absolute Gasteiger partial charge is 0.376 e. The zero-order chi connectivity index (χ0) is 19.6. The Morgan fingerprint density at radius 3 is 2.64 bits per heavy atom. The number of nitrogens with zero attached hydrogens (tertiary/aromatic N) is 2. The van der Waals surface area contributed by atoms with Crippen LogP contribution in [0, 0.1) is 5.82 Å². The summed E-state index contributed by atoms with van der Waals surface area (Å²) in [6.45, 7) is 2.36. The topological polar surface area (TPSA) is 41.1 Å². The fourth-order valence-electron chi connectivity index (χ4n) is 4.11. The van der Waals surface area contributed by atoms with Gasteiger partial charge in [0.1, 0.15) is 12.5 Å². The summed E-state index contributed by atoms with van der Waals surface area (Å²) >= 11 is 0. The molecule has 0 saturated carbocycles. The van der Waals surface area contributed by atoms with Crippen LogP contribution >= 0.6 is 0 Å². The molecular weight excluding hydrogens is 360 g/mol. The van der Waals surface area contributed by atoms with Crippen molar-refractivity contribution in [1.29, 1.82) is 0 Å². The molecule has 1 fully saturated rings. The highest BCUT2D eigenvalue weighted by molar-refractivity contribution is 5.82. The summed E-state index contributed by atoms with van der Waals surface area (Å²) < 4.78 is 32.8. The highest BCUT2D eigenvalue weighted by Crippen LogP contribution is 2.36. The van der Waals surface area contributed by atoms with E-state index in [4.69, 9.17) is 4.74 Å². The molecule has 0 radical (unpaired) electrons. The molecule has 3 aromatic rings. The summed E-state index contributed by atoms with van der Waals surface area (Å²) in [6, 6.07) is 10.4. The van der Waals surface area contributed by atoms with Crippen LogP contribution in [0.1, 0.15) is 29.5 Å². The quantitative estimate of drug-likeness (QED) is 0.686. The third-order valence-electron chi connectivity index (χ3n) is 5.88. The zero-order valence-corrected chi connectivity index (χ0v) is 16.0. The molecule has 0 bridgehead atoms. The molecule has 4 rings (SSSR count). The molecule has 1 aliphatic rings. The smallest absolute Gasteiger partial charge is 0.123 e. The first-order chi connectivity index (χ1) is 13.6. The average Bonchev–Trinajstić information content (AvgIpc) is 3.19. The van der Waals surface area contributed by atoms with Gasteiger partial charge < -0.3 is 9.64 Å². The van der Waals surface area contributed by atoms with Crippen molar-refractivity contribution in [2.75, 3.05) is 26.7 Å². The van der Waals surface area contributed by atoms with Gasteiger partial charge in [-0.3, -0.25) is 5.10 Å². The maximum Gasteiger partial charge on any atom is 0.123 e. The number of likely N-dealkylation sites (tertiary alicyclic amines) is 1. The second-order valence-corrected chi connectivity index (χ2v) is 7.81. The van der Waals surface area contributed by atoms with Crippen LogP contribution in [-0.2, 0) is 23.4 Å². The van der Waals surface area contributed by atoms with Crippen LogP contribution in [0.3, 0.4) is 0 Å². The van der Waals surface area contributed by atoms with Crippen LogP contribution in [-0.4, -0.2) is 41.8 Å². The van der Waals surface area contributed by atoms with Gasteiger partial charge in [-0.15, -0.1) is 0 Å². The van der Waals surface area contributed by atoms with Crippen molar-refractivity contribution in [2.24, 2.45) is 0 Å². The molecule has 0 unspecified atom stereocenters. The number of ether oxygens (including phenoxy) is 1. The van der Waals surface area contributed by atoms with Gasteiger partial charge in [-0.25, -0.2) is 8.78 Å². The molecule has 148 valence electrons. The lowest BCUT2D eigenvalue weighted by Gasteiger charge is -2.41.